The summed E-state index contributed by atoms with van der Waals surface area (Å²) in [5.41, 5.74) is 2.54. The van der Waals surface area contributed by atoms with Crippen molar-refractivity contribution in [3.05, 3.63) is 35.4 Å². The van der Waals surface area contributed by atoms with E-state index in [2.05, 4.69) is 41.5 Å². The zero-order valence-electron chi connectivity index (χ0n) is 9.53. The lowest BCUT2D eigenvalue weighted by molar-refractivity contribution is 0.962. The quantitative estimate of drug-likeness (QED) is 0.377. The molecule has 0 fully saturated rings. The topological polar surface area (TPSA) is 48.2 Å². The largest absolute Gasteiger partial charge is 0.272 e. The van der Waals surface area contributed by atoms with Gasteiger partial charge in [0.25, 0.3) is 0 Å². The molecule has 0 saturated heterocycles. The first-order chi connectivity index (χ1) is 7.76. The molecule has 0 aromatic heterocycles. The van der Waals surface area contributed by atoms with Gasteiger partial charge in [-0.15, -0.1) is 0 Å². The molecule has 0 heterocycles. The number of aliphatic imine (C=N–C) groups is 1. The van der Waals surface area contributed by atoms with Crippen LogP contribution in [0.15, 0.2) is 29.3 Å². The summed E-state index contributed by atoms with van der Waals surface area (Å²) in [6.45, 7) is 2.78. The molecule has 3 nitrogen and oxygen atoms in total. The van der Waals surface area contributed by atoms with Gasteiger partial charge in [0.1, 0.15) is 0 Å². The second-order valence-electron chi connectivity index (χ2n) is 3.37. The molecule has 0 aliphatic heterocycles. The van der Waals surface area contributed by atoms with Crippen molar-refractivity contribution >= 4 is 16.9 Å². The molecule has 1 aromatic rings. The monoisotopic (exact) mass is 233 g/mol. The van der Waals surface area contributed by atoms with Gasteiger partial charge in [0.15, 0.2) is 11.4 Å². The standard InChI is InChI=1S/C12H15N3S/c1-10-4-3-5-11(8-10)6-7-14-12(16-2)15-9-13/h3-5,8H,6-7H2,1-2H3,(H,14,15). The summed E-state index contributed by atoms with van der Waals surface area (Å²) in [4.78, 5) is 4.30. The number of thioether (sulfide) groups is 1. The van der Waals surface area contributed by atoms with E-state index in [0.29, 0.717) is 11.7 Å². The van der Waals surface area contributed by atoms with Gasteiger partial charge in [-0.05, 0) is 25.2 Å². The van der Waals surface area contributed by atoms with Gasteiger partial charge < -0.3 is 0 Å². The van der Waals surface area contributed by atoms with Crippen LogP contribution in [0.1, 0.15) is 11.1 Å². The Morgan fingerprint density at radius 1 is 1.56 bits per heavy atom. The molecule has 84 valence electrons. The molecule has 0 unspecified atom stereocenters. The van der Waals surface area contributed by atoms with Crippen LogP contribution in [-0.2, 0) is 6.42 Å². The fraction of sp³-hybridized carbons (Fsp3) is 0.333. The first kappa shape index (κ1) is 12.6. The van der Waals surface area contributed by atoms with Gasteiger partial charge in [-0.1, -0.05) is 41.6 Å². The Balaban J connectivity index is 2.49. The van der Waals surface area contributed by atoms with Crippen molar-refractivity contribution in [3.63, 3.8) is 0 Å². The molecule has 0 amide bonds. The summed E-state index contributed by atoms with van der Waals surface area (Å²) in [5, 5.41) is 11.7. The summed E-state index contributed by atoms with van der Waals surface area (Å²) < 4.78 is 0. The number of hydrogen-bond donors (Lipinski definition) is 1. The molecular formula is C12H15N3S. The van der Waals surface area contributed by atoms with Crippen molar-refractivity contribution in [3.8, 4) is 6.19 Å². The van der Waals surface area contributed by atoms with Crippen LogP contribution >= 0.6 is 11.8 Å². The number of nitrogens with zero attached hydrogens (tertiary/aromatic N) is 2. The highest BCUT2D eigenvalue weighted by molar-refractivity contribution is 8.13. The number of aryl methyl sites for hydroxylation is 1. The highest BCUT2D eigenvalue weighted by Crippen LogP contribution is 2.05. The smallest absolute Gasteiger partial charge is 0.183 e. The second-order valence-corrected chi connectivity index (χ2v) is 4.16. The van der Waals surface area contributed by atoms with Gasteiger partial charge in [0.2, 0.25) is 0 Å². The summed E-state index contributed by atoms with van der Waals surface area (Å²) in [6, 6.07) is 8.39. The Kier molecular flexibility index (Phi) is 5.44. The SMILES string of the molecule is CSC(=NCCc1cccc(C)c1)NC#N. The number of amidine groups is 1. The molecule has 0 radical (unpaired) electrons. The minimum atomic E-state index is 0.676. The first-order valence-corrected chi connectivity index (χ1v) is 6.28. The highest BCUT2D eigenvalue weighted by Gasteiger charge is 1.95. The first-order valence-electron chi connectivity index (χ1n) is 5.05. The number of nitriles is 1. The van der Waals surface area contributed by atoms with Crippen LogP contribution in [-0.4, -0.2) is 18.0 Å². The Labute approximate surface area is 101 Å². The lowest BCUT2D eigenvalue weighted by atomic mass is 10.1. The van der Waals surface area contributed by atoms with E-state index in [1.165, 1.54) is 22.9 Å². The maximum absolute atomic E-state index is 8.47. The molecule has 0 atom stereocenters. The predicted molar refractivity (Wildman–Crippen MR) is 69.4 cm³/mol. The van der Waals surface area contributed by atoms with E-state index in [0.717, 1.165) is 6.42 Å². The third-order valence-electron chi connectivity index (χ3n) is 2.09. The lowest BCUT2D eigenvalue weighted by Gasteiger charge is -2.01. The summed E-state index contributed by atoms with van der Waals surface area (Å²) >= 11 is 1.45. The zero-order chi connectivity index (χ0) is 11.8. The lowest BCUT2D eigenvalue weighted by Crippen LogP contribution is -2.13. The van der Waals surface area contributed by atoms with Crippen LogP contribution in [0.3, 0.4) is 0 Å². The normalized spacial score (nSPS) is 10.9. The fourth-order valence-corrected chi connectivity index (χ4v) is 1.73. The van der Waals surface area contributed by atoms with Crippen molar-refractivity contribution in [2.45, 2.75) is 13.3 Å². The van der Waals surface area contributed by atoms with Crippen molar-refractivity contribution < 1.29 is 0 Å². The van der Waals surface area contributed by atoms with Crippen LogP contribution in [0.2, 0.25) is 0 Å². The summed E-state index contributed by atoms with van der Waals surface area (Å²) in [6.07, 6.45) is 4.68. The third-order valence-corrected chi connectivity index (χ3v) is 2.71. The number of hydrogen-bond acceptors (Lipinski definition) is 3. The number of rotatable bonds is 3. The molecule has 0 saturated carbocycles. The molecule has 1 rings (SSSR count). The van der Waals surface area contributed by atoms with E-state index >= 15 is 0 Å². The van der Waals surface area contributed by atoms with E-state index in [9.17, 15) is 0 Å². The van der Waals surface area contributed by atoms with Crippen molar-refractivity contribution in [1.29, 1.82) is 5.26 Å². The van der Waals surface area contributed by atoms with Crippen LogP contribution < -0.4 is 5.32 Å². The minimum absolute atomic E-state index is 0.676. The molecule has 4 heteroatoms. The van der Waals surface area contributed by atoms with Crippen LogP contribution in [0.25, 0.3) is 0 Å². The number of benzene rings is 1. The molecule has 0 bridgehead atoms. The van der Waals surface area contributed by atoms with Gasteiger partial charge in [0, 0.05) is 6.54 Å². The van der Waals surface area contributed by atoms with E-state index in [1.807, 2.05) is 12.4 Å². The van der Waals surface area contributed by atoms with Crippen LogP contribution in [0.5, 0.6) is 0 Å². The van der Waals surface area contributed by atoms with Gasteiger partial charge in [-0.2, -0.15) is 5.26 Å². The van der Waals surface area contributed by atoms with E-state index in [-0.39, 0.29) is 0 Å². The van der Waals surface area contributed by atoms with E-state index in [4.69, 9.17) is 5.26 Å². The average Bonchev–Trinajstić information content (AvgIpc) is 2.28. The maximum atomic E-state index is 8.47. The Hall–Kier alpha value is -1.47. The van der Waals surface area contributed by atoms with Gasteiger partial charge in [-0.25, -0.2) is 0 Å². The summed E-state index contributed by atoms with van der Waals surface area (Å²) in [5.74, 6) is 0. The summed E-state index contributed by atoms with van der Waals surface area (Å²) in [7, 11) is 0. The van der Waals surface area contributed by atoms with Gasteiger partial charge >= 0.3 is 0 Å². The molecule has 1 N–H and O–H groups in total. The molecule has 16 heavy (non-hydrogen) atoms. The third kappa shape index (κ3) is 4.37. The molecule has 0 spiro atoms. The molecular weight excluding hydrogens is 218 g/mol. The average molecular weight is 233 g/mol. The fourth-order valence-electron chi connectivity index (χ4n) is 1.36. The minimum Gasteiger partial charge on any atom is -0.272 e. The Morgan fingerprint density at radius 2 is 2.38 bits per heavy atom. The molecule has 0 aliphatic rings. The van der Waals surface area contributed by atoms with Crippen molar-refractivity contribution in [2.24, 2.45) is 4.99 Å². The second kappa shape index (κ2) is 6.91. The van der Waals surface area contributed by atoms with Crippen molar-refractivity contribution in [2.75, 3.05) is 12.8 Å². The van der Waals surface area contributed by atoms with E-state index < -0.39 is 0 Å². The van der Waals surface area contributed by atoms with Crippen LogP contribution in [0, 0.1) is 18.4 Å². The van der Waals surface area contributed by atoms with Crippen LogP contribution in [0.4, 0.5) is 0 Å². The Bertz CT molecular complexity index is 407. The highest BCUT2D eigenvalue weighted by atomic mass is 32.2. The zero-order valence-corrected chi connectivity index (χ0v) is 10.3. The van der Waals surface area contributed by atoms with E-state index in [1.54, 1.807) is 0 Å². The molecule has 0 aliphatic carbocycles. The molecule has 1 aromatic carbocycles. The number of nitrogens with one attached hydrogen (secondary N) is 1. The van der Waals surface area contributed by atoms with Gasteiger partial charge in [0.05, 0.1) is 0 Å². The van der Waals surface area contributed by atoms with Gasteiger partial charge in [-0.3, -0.25) is 10.3 Å². The Morgan fingerprint density at radius 3 is 3.00 bits per heavy atom. The predicted octanol–water partition coefficient (Wildman–Crippen LogP) is 2.33. The van der Waals surface area contributed by atoms with Crippen molar-refractivity contribution in [1.82, 2.24) is 5.32 Å². The maximum Gasteiger partial charge on any atom is 0.183 e.